The Labute approximate surface area is 91.6 Å². The lowest BCUT2D eigenvalue weighted by molar-refractivity contribution is 0.396. The molecule has 82 valence electrons. The van der Waals surface area contributed by atoms with Crippen LogP contribution in [0.3, 0.4) is 0 Å². The number of fused-ring (bicyclic) bond motifs is 1. The summed E-state index contributed by atoms with van der Waals surface area (Å²) in [7, 11) is 3.78. The van der Waals surface area contributed by atoms with E-state index in [1.807, 2.05) is 7.05 Å². The SMILES string of the molecule is CNCC1CCCc2cccc(OC)c21. The van der Waals surface area contributed by atoms with Crippen molar-refractivity contribution in [3.8, 4) is 5.75 Å². The fourth-order valence-corrected chi connectivity index (χ4v) is 2.58. The Morgan fingerprint density at radius 3 is 3.07 bits per heavy atom. The van der Waals surface area contributed by atoms with Gasteiger partial charge in [-0.3, -0.25) is 0 Å². The van der Waals surface area contributed by atoms with Crippen LogP contribution in [0, 0.1) is 0 Å². The molecule has 0 saturated heterocycles. The van der Waals surface area contributed by atoms with Crippen molar-refractivity contribution in [2.45, 2.75) is 25.2 Å². The monoisotopic (exact) mass is 205 g/mol. The molecule has 0 amide bonds. The van der Waals surface area contributed by atoms with E-state index in [2.05, 4.69) is 23.5 Å². The molecule has 1 unspecified atom stereocenters. The van der Waals surface area contributed by atoms with Crippen molar-refractivity contribution in [3.63, 3.8) is 0 Å². The summed E-state index contributed by atoms with van der Waals surface area (Å²) in [6.07, 6.45) is 3.77. The van der Waals surface area contributed by atoms with Gasteiger partial charge in [0.2, 0.25) is 0 Å². The van der Waals surface area contributed by atoms with Crippen molar-refractivity contribution >= 4 is 0 Å². The van der Waals surface area contributed by atoms with E-state index in [0.717, 1.165) is 12.3 Å². The molecule has 1 aliphatic carbocycles. The van der Waals surface area contributed by atoms with E-state index < -0.39 is 0 Å². The van der Waals surface area contributed by atoms with Crippen LogP contribution in [0.25, 0.3) is 0 Å². The van der Waals surface area contributed by atoms with Crippen LogP contribution in [0.2, 0.25) is 0 Å². The summed E-state index contributed by atoms with van der Waals surface area (Å²) in [6.45, 7) is 1.05. The lowest BCUT2D eigenvalue weighted by Gasteiger charge is -2.27. The molecular formula is C13H19NO. The third-order valence-electron chi connectivity index (χ3n) is 3.23. The van der Waals surface area contributed by atoms with Crippen LogP contribution in [0.4, 0.5) is 0 Å². The van der Waals surface area contributed by atoms with E-state index in [9.17, 15) is 0 Å². The summed E-state index contributed by atoms with van der Waals surface area (Å²) in [5, 5.41) is 3.27. The molecule has 0 heterocycles. The number of hydrogen-bond donors (Lipinski definition) is 1. The van der Waals surface area contributed by atoms with E-state index in [1.54, 1.807) is 7.11 Å². The zero-order valence-electron chi connectivity index (χ0n) is 9.55. The standard InChI is InChI=1S/C13H19NO/c1-14-9-11-7-3-5-10-6-4-8-12(15-2)13(10)11/h4,6,8,11,14H,3,5,7,9H2,1-2H3. The van der Waals surface area contributed by atoms with Crippen LogP contribution in [-0.4, -0.2) is 20.7 Å². The number of rotatable bonds is 3. The second-order valence-electron chi connectivity index (χ2n) is 4.18. The van der Waals surface area contributed by atoms with Crippen molar-refractivity contribution in [2.24, 2.45) is 0 Å². The van der Waals surface area contributed by atoms with Crippen molar-refractivity contribution in [1.82, 2.24) is 5.32 Å². The van der Waals surface area contributed by atoms with Gasteiger partial charge in [0.1, 0.15) is 5.75 Å². The molecule has 2 rings (SSSR count). The third-order valence-corrected chi connectivity index (χ3v) is 3.23. The van der Waals surface area contributed by atoms with Gasteiger partial charge in [0.15, 0.2) is 0 Å². The van der Waals surface area contributed by atoms with Crippen molar-refractivity contribution < 1.29 is 4.74 Å². The Hall–Kier alpha value is -1.02. The fourth-order valence-electron chi connectivity index (χ4n) is 2.58. The summed E-state index contributed by atoms with van der Waals surface area (Å²) in [6, 6.07) is 6.41. The summed E-state index contributed by atoms with van der Waals surface area (Å²) in [5.41, 5.74) is 2.90. The Bertz CT molecular complexity index is 321. The number of likely N-dealkylation sites (N-methyl/N-ethyl adjacent to an activating group) is 1. The highest BCUT2D eigenvalue weighted by Gasteiger charge is 2.22. The molecule has 0 aliphatic heterocycles. The smallest absolute Gasteiger partial charge is 0.122 e. The summed E-state index contributed by atoms with van der Waals surface area (Å²) < 4.78 is 5.46. The van der Waals surface area contributed by atoms with Gasteiger partial charge in [-0.2, -0.15) is 0 Å². The molecular weight excluding hydrogens is 186 g/mol. The quantitative estimate of drug-likeness (QED) is 0.817. The second-order valence-corrected chi connectivity index (χ2v) is 4.18. The molecule has 0 aromatic heterocycles. The Kier molecular flexibility index (Phi) is 3.27. The second kappa shape index (κ2) is 4.67. The van der Waals surface area contributed by atoms with Gasteiger partial charge in [-0.1, -0.05) is 12.1 Å². The summed E-state index contributed by atoms with van der Waals surface area (Å²) in [4.78, 5) is 0. The van der Waals surface area contributed by atoms with E-state index in [1.165, 1.54) is 30.4 Å². The first-order valence-corrected chi connectivity index (χ1v) is 5.67. The van der Waals surface area contributed by atoms with Gasteiger partial charge in [-0.05, 0) is 37.9 Å². The van der Waals surface area contributed by atoms with Crippen LogP contribution >= 0.6 is 0 Å². The topological polar surface area (TPSA) is 21.3 Å². The van der Waals surface area contributed by atoms with Crippen LogP contribution in [-0.2, 0) is 6.42 Å². The van der Waals surface area contributed by atoms with Crippen molar-refractivity contribution in [1.29, 1.82) is 0 Å². The molecule has 0 spiro atoms. The number of benzene rings is 1. The first-order valence-electron chi connectivity index (χ1n) is 5.67. The van der Waals surface area contributed by atoms with Gasteiger partial charge < -0.3 is 10.1 Å². The van der Waals surface area contributed by atoms with E-state index in [0.29, 0.717) is 5.92 Å². The zero-order valence-corrected chi connectivity index (χ0v) is 9.55. The maximum atomic E-state index is 5.46. The van der Waals surface area contributed by atoms with Crippen LogP contribution < -0.4 is 10.1 Å². The maximum Gasteiger partial charge on any atom is 0.122 e. The average molecular weight is 205 g/mol. The normalized spacial score (nSPS) is 19.7. The van der Waals surface area contributed by atoms with Gasteiger partial charge in [-0.25, -0.2) is 0 Å². The Morgan fingerprint density at radius 2 is 2.33 bits per heavy atom. The molecule has 1 aromatic carbocycles. The minimum Gasteiger partial charge on any atom is -0.496 e. The molecule has 2 nitrogen and oxygen atoms in total. The molecule has 0 fully saturated rings. The zero-order chi connectivity index (χ0) is 10.7. The van der Waals surface area contributed by atoms with Crippen LogP contribution in [0.5, 0.6) is 5.75 Å². The largest absolute Gasteiger partial charge is 0.496 e. The van der Waals surface area contributed by atoms with Crippen LogP contribution in [0.15, 0.2) is 18.2 Å². The van der Waals surface area contributed by atoms with Gasteiger partial charge in [0, 0.05) is 18.0 Å². The molecule has 0 radical (unpaired) electrons. The van der Waals surface area contributed by atoms with Crippen molar-refractivity contribution in [2.75, 3.05) is 20.7 Å². The van der Waals surface area contributed by atoms with Gasteiger partial charge in [0.25, 0.3) is 0 Å². The van der Waals surface area contributed by atoms with E-state index in [4.69, 9.17) is 4.74 Å². The summed E-state index contributed by atoms with van der Waals surface area (Å²) in [5.74, 6) is 1.68. The molecule has 15 heavy (non-hydrogen) atoms. The average Bonchev–Trinajstić information content (AvgIpc) is 2.29. The van der Waals surface area contributed by atoms with Gasteiger partial charge >= 0.3 is 0 Å². The predicted octanol–water partition coefficient (Wildman–Crippen LogP) is 2.33. The highest BCUT2D eigenvalue weighted by molar-refractivity contribution is 5.44. The minimum absolute atomic E-state index is 0.620. The fraction of sp³-hybridized carbons (Fsp3) is 0.538. The Balaban J connectivity index is 2.38. The highest BCUT2D eigenvalue weighted by Crippen LogP contribution is 2.37. The third kappa shape index (κ3) is 2.00. The molecule has 0 bridgehead atoms. The molecule has 1 N–H and O–H groups in total. The minimum atomic E-state index is 0.620. The first-order chi connectivity index (χ1) is 7.36. The number of hydrogen-bond acceptors (Lipinski definition) is 2. The number of aryl methyl sites for hydroxylation is 1. The van der Waals surface area contributed by atoms with Crippen molar-refractivity contribution in [3.05, 3.63) is 29.3 Å². The lowest BCUT2D eigenvalue weighted by atomic mass is 9.82. The number of nitrogens with one attached hydrogen (secondary N) is 1. The maximum absolute atomic E-state index is 5.46. The molecule has 1 atom stereocenters. The van der Waals surface area contributed by atoms with Gasteiger partial charge in [-0.15, -0.1) is 0 Å². The van der Waals surface area contributed by atoms with E-state index >= 15 is 0 Å². The lowest BCUT2D eigenvalue weighted by Crippen LogP contribution is -2.21. The number of methoxy groups -OCH3 is 1. The van der Waals surface area contributed by atoms with Gasteiger partial charge in [0.05, 0.1) is 7.11 Å². The molecule has 2 heteroatoms. The molecule has 1 aliphatic rings. The molecule has 0 saturated carbocycles. The predicted molar refractivity (Wildman–Crippen MR) is 62.6 cm³/mol. The number of ether oxygens (including phenoxy) is 1. The highest BCUT2D eigenvalue weighted by atomic mass is 16.5. The van der Waals surface area contributed by atoms with E-state index in [-0.39, 0.29) is 0 Å². The Morgan fingerprint density at radius 1 is 1.47 bits per heavy atom. The first kappa shape index (κ1) is 10.5. The van der Waals surface area contributed by atoms with Crippen LogP contribution in [0.1, 0.15) is 29.9 Å². The molecule has 1 aromatic rings. The summed E-state index contributed by atoms with van der Waals surface area (Å²) >= 11 is 0.